The molecule has 0 bridgehead atoms. The lowest BCUT2D eigenvalue weighted by atomic mass is 9.93. The highest BCUT2D eigenvalue weighted by molar-refractivity contribution is 5.74. The third kappa shape index (κ3) is 12.0. The Hall–Kier alpha value is -2.51. The van der Waals surface area contributed by atoms with Crippen LogP contribution in [0.1, 0.15) is 20.8 Å². The summed E-state index contributed by atoms with van der Waals surface area (Å²) in [6.45, 7) is -1.27. The van der Waals surface area contributed by atoms with E-state index in [2.05, 4.69) is 16.0 Å². The van der Waals surface area contributed by atoms with Gasteiger partial charge in [-0.2, -0.15) is 0 Å². The normalized spacial score (nSPS) is 47.1. The van der Waals surface area contributed by atoms with Crippen LogP contribution in [0.2, 0.25) is 0 Å². The number of nitrogens with one attached hydrogen (secondary N) is 3. The molecule has 0 spiro atoms. The van der Waals surface area contributed by atoms with Crippen LogP contribution in [0, 0.1) is 0 Å². The smallest absolute Gasteiger partial charge is 0.217 e. The summed E-state index contributed by atoms with van der Waals surface area (Å²) in [7, 11) is 0. The van der Waals surface area contributed by atoms with E-state index in [1.54, 1.807) is 0 Å². The second kappa shape index (κ2) is 23.2. The van der Waals surface area contributed by atoms with E-state index in [1.807, 2.05) is 0 Å². The Kier molecular flexibility index (Phi) is 19.1. The monoisotopic (exact) mass is 951 g/mol. The maximum Gasteiger partial charge on any atom is 0.217 e. The molecule has 5 saturated heterocycles. The average molecular weight is 952 g/mol. The van der Waals surface area contributed by atoms with Gasteiger partial charge < -0.3 is 130 Å². The van der Waals surface area contributed by atoms with E-state index >= 15 is 0 Å². The Morgan fingerprint density at radius 2 is 0.769 bits per heavy atom. The van der Waals surface area contributed by atoms with Crippen molar-refractivity contribution in [1.29, 1.82) is 0 Å². The lowest BCUT2D eigenvalue weighted by Crippen LogP contribution is -2.70. The van der Waals surface area contributed by atoms with Gasteiger partial charge in [0, 0.05) is 20.8 Å². The van der Waals surface area contributed by atoms with Crippen LogP contribution in [0.5, 0.6) is 0 Å². The number of aliphatic hydroxyl groups excluding tert-OH is 14. The number of aliphatic hydroxyl groups is 14. The summed E-state index contributed by atoms with van der Waals surface area (Å²) in [4.78, 5) is 36.4. The van der Waals surface area contributed by atoms with Crippen molar-refractivity contribution in [3.63, 3.8) is 0 Å². The van der Waals surface area contributed by atoms with E-state index < -0.39 is 204 Å². The number of amides is 3. The zero-order valence-corrected chi connectivity index (χ0v) is 35.1. The first-order chi connectivity index (χ1) is 30.7. The lowest BCUT2D eigenvalue weighted by molar-refractivity contribution is -0.379. The second-order valence-corrected chi connectivity index (χ2v) is 16.2. The Balaban J connectivity index is 1.43. The Morgan fingerprint density at radius 1 is 0.400 bits per heavy atom. The SMILES string of the molecule is CC(=O)N[C@H]1[C@H](O[C@H]2[C@H](O)[C@@H](NC(C)=O)C(O)O[C@@H]2CO)O[C@H](CO)[C@@H](O[C@@H]2O[C@H](CO[C@H]3O[C@H](CO)[C@@H](O)[C@H](O)[C@@H]3O)[C@@H](O[C@@H]3O[C@H](CO)[C@@H](O)[C@H](O)[C@H]3NC(C)=O)[C@H](O)[C@@H]2O)[C@@H]1O. The van der Waals surface area contributed by atoms with Gasteiger partial charge in [-0.3, -0.25) is 14.4 Å². The van der Waals surface area contributed by atoms with Crippen molar-refractivity contribution in [3.8, 4) is 0 Å². The van der Waals surface area contributed by atoms with Crippen molar-refractivity contribution in [2.24, 2.45) is 0 Å². The highest BCUT2D eigenvalue weighted by atomic mass is 16.8. The van der Waals surface area contributed by atoms with Crippen LogP contribution in [0.3, 0.4) is 0 Å². The first-order valence-corrected chi connectivity index (χ1v) is 20.6. The van der Waals surface area contributed by atoms with Gasteiger partial charge in [-0.25, -0.2) is 0 Å². The van der Waals surface area contributed by atoms with E-state index in [0.717, 1.165) is 20.8 Å². The van der Waals surface area contributed by atoms with Gasteiger partial charge >= 0.3 is 0 Å². The molecular weight excluding hydrogens is 890 g/mol. The maximum absolute atomic E-state index is 12.5. The number of hydrogen-bond acceptors (Lipinski definition) is 26. The Bertz CT molecular complexity index is 1560. The molecule has 0 aromatic heterocycles. The molecule has 5 heterocycles. The molecule has 5 fully saturated rings. The fourth-order valence-electron chi connectivity index (χ4n) is 8.15. The predicted molar refractivity (Wildman–Crippen MR) is 201 cm³/mol. The van der Waals surface area contributed by atoms with Crippen molar-refractivity contribution >= 4 is 17.7 Å². The minimum absolute atomic E-state index is 0.693. The van der Waals surface area contributed by atoms with Crippen molar-refractivity contribution in [1.82, 2.24) is 16.0 Å². The summed E-state index contributed by atoms with van der Waals surface area (Å²) in [5, 5.41) is 156. The molecule has 29 heteroatoms. The first-order valence-electron chi connectivity index (χ1n) is 20.6. The summed E-state index contributed by atoms with van der Waals surface area (Å²) in [6.07, 6.45) is -40.0. The minimum atomic E-state index is -2.20. The summed E-state index contributed by atoms with van der Waals surface area (Å²) in [5.41, 5.74) is 0. The quantitative estimate of drug-likeness (QED) is 0.0683. The van der Waals surface area contributed by atoms with Crippen LogP contribution in [0.25, 0.3) is 0 Å². The third-order valence-electron chi connectivity index (χ3n) is 11.5. The lowest BCUT2D eigenvalue weighted by Gasteiger charge is -2.50. The number of hydrogen-bond donors (Lipinski definition) is 17. The zero-order chi connectivity index (χ0) is 48.2. The van der Waals surface area contributed by atoms with Crippen molar-refractivity contribution in [2.75, 3.05) is 33.0 Å². The van der Waals surface area contributed by atoms with Crippen LogP contribution < -0.4 is 16.0 Å². The van der Waals surface area contributed by atoms with Gasteiger partial charge in [0.15, 0.2) is 31.5 Å². The molecule has 3 amide bonds. The number of rotatable bonds is 16. The molecule has 0 aliphatic carbocycles. The molecule has 0 aromatic rings. The molecular formula is C36H61N3O26. The van der Waals surface area contributed by atoms with Crippen molar-refractivity contribution < 1.29 is 129 Å². The summed E-state index contributed by atoms with van der Waals surface area (Å²) in [5.74, 6) is -2.24. The minimum Gasteiger partial charge on any atom is -0.394 e. The summed E-state index contributed by atoms with van der Waals surface area (Å²) in [6, 6.07) is -4.78. The van der Waals surface area contributed by atoms with Gasteiger partial charge in [0.2, 0.25) is 17.7 Å². The van der Waals surface area contributed by atoms with Gasteiger partial charge in [-0.05, 0) is 0 Å². The number of carbonyl (C=O) groups is 3. The van der Waals surface area contributed by atoms with Gasteiger partial charge in [-0.15, -0.1) is 0 Å². The number of ether oxygens (including phenoxy) is 9. The standard InChI is InChI=1S/C36H61N3O26/c1-9(44)37-17-23(50)29(14(6-42)58-32(17)56)63-34-19(39-11(3)46)24(51)30(15(7-43)61-34)65-36-28(55)26(53)31(64-33-18(38-10(2)45)22(49)20(47)12(4-40)59-33)16(62-36)8-57-35-27(54)25(52)21(48)13(5-41)60-35/h12-36,40-43,47-56H,4-8H2,1-3H3,(H,37,44)(H,38,45)(H,39,46)/t12-,13-,14-,15-,16-,17-,18-,19-,20-,21-,22-,23-,24-,25+,26-,27+,28+,29-,30-,31-,32?,33+,34+,35+,36+/m1/s1. The van der Waals surface area contributed by atoms with E-state index in [4.69, 9.17) is 42.6 Å². The average Bonchev–Trinajstić information content (AvgIpc) is 3.25. The first kappa shape index (κ1) is 53.4. The molecule has 5 rings (SSSR count). The molecule has 376 valence electrons. The molecule has 0 aromatic carbocycles. The molecule has 0 saturated carbocycles. The van der Waals surface area contributed by atoms with Crippen LogP contribution in [0.15, 0.2) is 0 Å². The molecule has 1 unspecified atom stereocenters. The molecule has 0 radical (unpaired) electrons. The fraction of sp³-hybridized carbons (Fsp3) is 0.917. The predicted octanol–water partition coefficient (Wildman–Crippen LogP) is -11.5. The van der Waals surface area contributed by atoms with Crippen molar-refractivity contribution in [3.05, 3.63) is 0 Å². The highest BCUT2D eigenvalue weighted by Gasteiger charge is 2.56. The third-order valence-corrected chi connectivity index (χ3v) is 11.5. The molecule has 25 atom stereocenters. The molecule has 5 aliphatic rings. The largest absolute Gasteiger partial charge is 0.394 e. The molecule has 5 aliphatic heterocycles. The maximum atomic E-state index is 12.5. The van der Waals surface area contributed by atoms with Crippen molar-refractivity contribution in [2.45, 2.75) is 174 Å². The van der Waals surface area contributed by atoms with Crippen LogP contribution >= 0.6 is 0 Å². The van der Waals surface area contributed by atoms with E-state index in [0.29, 0.717) is 0 Å². The van der Waals surface area contributed by atoms with E-state index in [-0.39, 0.29) is 0 Å². The summed E-state index contributed by atoms with van der Waals surface area (Å²) < 4.78 is 51.7. The van der Waals surface area contributed by atoms with E-state index in [9.17, 15) is 85.9 Å². The van der Waals surface area contributed by atoms with Crippen LogP contribution in [-0.4, -0.2) is 276 Å². The zero-order valence-electron chi connectivity index (χ0n) is 35.1. The Morgan fingerprint density at radius 3 is 1.28 bits per heavy atom. The van der Waals surface area contributed by atoms with Gasteiger partial charge in [-0.1, -0.05) is 0 Å². The van der Waals surface area contributed by atoms with E-state index in [1.165, 1.54) is 0 Å². The van der Waals surface area contributed by atoms with Crippen LogP contribution in [-0.2, 0) is 57.0 Å². The Labute approximate surface area is 369 Å². The second-order valence-electron chi connectivity index (χ2n) is 16.2. The fourth-order valence-corrected chi connectivity index (χ4v) is 8.15. The van der Waals surface area contributed by atoms with Gasteiger partial charge in [0.05, 0.1) is 33.0 Å². The topological polar surface area (TPSA) is 454 Å². The van der Waals surface area contributed by atoms with Crippen LogP contribution in [0.4, 0.5) is 0 Å². The molecule has 17 N–H and O–H groups in total. The molecule has 29 nitrogen and oxygen atoms in total. The van der Waals surface area contributed by atoms with Gasteiger partial charge in [0.25, 0.3) is 0 Å². The highest BCUT2D eigenvalue weighted by Crippen LogP contribution is 2.35. The number of carbonyl (C=O) groups excluding carboxylic acids is 3. The summed E-state index contributed by atoms with van der Waals surface area (Å²) >= 11 is 0. The molecule has 65 heavy (non-hydrogen) atoms. The van der Waals surface area contributed by atoms with Gasteiger partial charge in [0.1, 0.15) is 122 Å².